The van der Waals surface area contributed by atoms with Gasteiger partial charge in [0.05, 0.1) is 18.8 Å². The number of nitrogens with zero attached hydrogens (tertiary/aromatic N) is 1. The summed E-state index contributed by atoms with van der Waals surface area (Å²) in [4.78, 5) is 2.30. The average Bonchev–Trinajstić information content (AvgIpc) is 2.36. The number of ether oxygens (including phenoxy) is 1. The van der Waals surface area contributed by atoms with E-state index >= 15 is 0 Å². The smallest absolute Gasteiger partial charge is 0.0894 e. The van der Waals surface area contributed by atoms with E-state index in [0.29, 0.717) is 0 Å². The van der Waals surface area contributed by atoms with Crippen LogP contribution < -0.4 is 5.73 Å². The summed E-state index contributed by atoms with van der Waals surface area (Å²) in [6.45, 7) is 2.72. The summed E-state index contributed by atoms with van der Waals surface area (Å²) in [6, 6.07) is 8.82. The molecular weight excluding hydrogens is 236 g/mol. The number of benzene rings is 1. The first-order valence-electron chi connectivity index (χ1n) is 7.39. The Balaban J connectivity index is 1.73. The molecule has 1 aromatic carbocycles. The zero-order chi connectivity index (χ0) is 13.2. The molecule has 0 radical (unpaired) electrons. The van der Waals surface area contributed by atoms with Crippen LogP contribution in [0.4, 0.5) is 0 Å². The highest BCUT2D eigenvalue weighted by Crippen LogP contribution is 2.37. The molecule has 1 saturated heterocycles. The first-order chi connectivity index (χ1) is 9.24. The summed E-state index contributed by atoms with van der Waals surface area (Å²) in [6.07, 6.45) is 4.16. The molecule has 2 aliphatic rings. The topological polar surface area (TPSA) is 38.5 Å². The van der Waals surface area contributed by atoms with Gasteiger partial charge in [-0.3, -0.25) is 0 Å². The van der Waals surface area contributed by atoms with E-state index < -0.39 is 0 Å². The predicted molar refractivity (Wildman–Crippen MR) is 77.2 cm³/mol. The van der Waals surface area contributed by atoms with Crippen LogP contribution in [0.3, 0.4) is 0 Å². The van der Waals surface area contributed by atoms with Gasteiger partial charge in [-0.05, 0) is 36.9 Å². The Bertz CT molecular complexity index is 431. The molecule has 0 spiro atoms. The number of hydrogen-bond donors (Lipinski definition) is 1. The second kappa shape index (κ2) is 5.61. The number of nitrogens with two attached hydrogens (primary N) is 1. The van der Waals surface area contributed by atoms with Crippen molar-refractivity contribution in [1.29, 1.82) is 0 Å². The Hall–Kier alpha value is -0.900. The van der Waals surface area contributed by atoms with E-state index in [9.17, 15) is 0 Å². The van der Waals surface area contributed by atoms with Crippen LogP contribution in [0.5, 0.6) is 0 Å². The van der Waals surface area contributed by atoms with Crippen molar-refractivity contribution in [3.8, 4) is 0 Å². The standard InChI is InChI=1S/C16H24N2O/c1-18-8-9-19-15(11-18)16(17)14-7-3-6-13(10-14)12-4-2-5-12/h3,6-7,10,12,15-16H,2,4-5,8-9,11,17H2,1H3. The number of likely N-dealkylation sites (N-methyl/N-ethyl adjacent to an activating group) is 1. The Kier molecular flexibility index (Phi) is 3.87. The number of morpholine rings is 1. The lowest BCUT2D eigenvalue weighted by Crippen LogP contribution is -2.45. The van der Waals surface area contributed by atoms with E-state index in [1.807, 2.05) is 0 Å². The summed E-state index contributed by atoms with van der Waals surface area (Å²) in [7, 11) is 2.13. The minimum absolute atomic E-state index is 0.0113. The maximum Gasteiger partial charge on any atom is 0.0894 e. The molecule has 0 amide bonds. The van der Waals surface area contributed by atoms with Crippen molar-refractivity contribution in [2.24, 2.45) is 5.73 Å². The minimum atomic E-state index is -0.0113. The van der Waals surface area contributed by atoms with Gasteiger partial charge in [0.25, 0.3) is 0 Å². The van der Waals surface area contributed by atoms with Crippen molar-refractivity contribution in [3.05, 3.63) is 35.4 Å². The molecule has 2 N–H and O–H groups in total. The highest BCUT2D eigenvalue weighted by Gasteiger charge is 2.26. The van der Waals surface area contributed by atoms with E-state index in [1.165, 1.54) is 30.4 Å². The van der Waals surface area contributed by atoms with Crippen molar-refractivity contribution < 1.29 is 4.74 Å². The second-order valence-corrected chi connectivity index (χ2v) is 6.00. The minimum Gasteiger partial charge on any atom is -0.374 e. The summed E-state index contributed by atoms with van der Waals surface area (Å²) < 4.78 is 5.84. The molecule has 1 saturated carbocycles. The van der Waals surface area contributed by atoms with Gasteiger partial charge in [-0.2, -0.15) is 0 Å². The van der Waals surface area contributed by atoms with Crippen molar-refractivity contribution in [3.63, 3.8) is 0 Å². The molecule has 3 rings (SSSR count). The molecule has 1 aliphatic heterocycles. The van der Waals surface area contributed by atoms with Crippen molar-refractivity contribution in [2.45, 2.75) is 37.3 Å². The molecule has 2 unspecified atom stereocenters. The van der Waals surface area contributed by atoms with E-state index in [1.54, 1.807) is 0 Å². The quantitative estimate of drug-likeness (QED) is 0.906. The van der Waals surface area contributed by atoms with Crippen LogP contribution in [0.1, 0.15) is 42.3 Å². The lowest BCUT2D eigenvalue weighted by atomic mass is 9.79. The van der Waals surface area contributed by atoms with Crippen LogP contribution >= 0.6 is 0 Å². The van der Waals surface area contributed by atoms with Gasteiger partial charge in [-0.1, -0.05) is 30.7 Å². The molecule has 1 aliphatic carbocycles. The normalized spacial score (nSPS) is 26.9. The molecule has 0 bridgehead atoms. The molecule has 1 aromatic rings. The van der Waals surface area contributed by atoms with Crippen LogP contribution in [0, 0.1) is 0 Å². The van der Waals surface area contributed by atoms with Crippen LogP contribution in [0.2, 0.25) is 0 Å². The van der Waals surface area contributed by atoms with E-state index in [-0.39, 0.29) is 12.1 Å². The molecule has 0 aromatic heterocycles. The Morgan fingerprint density at radius 1 is 1.37 bits per heavy atom. The third kappa shape index (κ3) is 2.83. The highest BCUT2D eigenvalue weighted by molar-refractivity contribution is 5.30. The SMILES string of the molecule is CN1CCOC(C(N)c2cccc(C3CCC3)c2)C1. The van der Waals surface area contributed by atoms with Crippen molar-refractivity contribution in [1.82, 2.24) is 4.90 Å². The molecule has 2 atom stereocenters. The lowest BCUT2D eigenvalue weighted by molar-refractivity contribution is -0.0326. The van der Waals surface area contributed by atoms with E-state index in [0.717, 1.165) is 25.6 Å². The van der Waals surface area contributed by atoms with Gasteiger partial charge < -0.3 is 15.4 Å². The molecule has 19 heavy (non-hydrogen) atoms. The highest BCUT2D eigenvalue weighted by atomic mass is 16.5. The van der Waals surface area contributed by atoms with Crippen LogP contribution in [0.15, 0.2) is 24.3 Å². The average molecular weight is 260 g/mol. The Morgan fingerprint density at radius 3 is 2.89 bits per heavy atom. The van der Waals surface area contributed by atoms with Crippen LogP contribution in [0.25, 0.3) is 0 Å². The van der Waals surface area contributed by atoms with Crippen LogP contribution in [-0.4, -0.2) is 37.7 Å². The molecule has 2 fully saturated rings. The Morgan fingerprint density at radius 2 is 2.21 bits per heavy atom. The van der Waals surface area contributed by atoms with E-state index in [2.05, 4.69) is 36.2 Å². The molecule has 1 heterocycles. The third-order valence-corrected chi connectivity index (χ3v) is 4.57. The van der Waals surface area contributed by atoms with E-state index in [4.69, 9.17) is 10.5 Å². The monoisotopic (exact) mass is 260 g/mol. The number of rotatable bonds is 3. The molecule has 104 valence electrons. The van der Waals surface area contributed by atoms with Gasteiger partial charge in [-0.15, -0.1) is 0 Å². The van der Waals surface area contributed by atoms with Gasteiger partial charge >= 0.3 is 0 Å². The van der Waals surface area contributed by atoms with Gasteiger partial charge in [0.1, 0.15) is 0 Å². The maximum absolute atomic E-state index is 6.41. The zero-order valence-electron chi connectivity index (χ0n) is 11.7. The molecular formula is C16H24N2O. The van der Waals surface area contributed by atoms with Gasteiger partial charge in [0.15, 0.2) is 0 Å². The largest absolute Gasteiger partial charge is 0.374 e. The summed E-state index contributed by atoms with van der Waals surface area (Å²) >= 11 is 0. The third-order valence-electron chi connectivity index (χ3n) is 4.57. The fourth-order valence-corrected chi connectivity index (χ4v) is 3.00. The first-order valence-corrected chi connectivity index (χ1v) is 7.39. The van der Waals surface area contributed by atoms with Crippen LogP contribution in [-0.2, 0) is 4.74 Å². The summed E-state index contributed by atoms with van der Waals surface area (Å²) in [5.41, 5.74) is 9.10. The number of hydrogen-bond acceptors (Lipinski definition) is 3. The molecule has 3 nitrogen and oxygen atoms in total. The maximum atomic E-state index is 6.41. The van der Waals surface area contributed by atoms with Crippen molar-refractivity contribution in [2.75, 3.05) is 26.7 Å². The van der Waals surface area contributed by atoms with Gasteiger partial charge in [0, 0.05) is 13.1 Å². The predicted octanol–water partition coefficient (Wildman–Crippen LogP) is 2.28. The Labute approximate surface area is 115 Å². The van der Waals surface area contributed by atoms with Gasteiger partial charge in [-0.25, -0.2) is 0 Å². The molecule has 3 heteroatoms. The summed E-state index contributed by atoms with van der Waals surface area (Å²) in [5.74, 6) is 0.766. The zero-order valence-corrected chi connectivity index (χ0v) is 11.7. The van der Waals surface area contributed by atoms with Crippen molar-refractivity contribution >= 4 is 0 Å². The lowest BCUT2D eigenvalue weighted by Gasteiger charge is -2.34. The second-order valence-electron chi connectivity index (χ2n) is 6.00. The van der Waals surface area contributed by atoms with Gasteiger partial charge in [0.2, 0.25) is 0 Å². The summed E-state index contributed by atoms with van der Waals surface area (Å²) in [5, 5.41) is 0. The fourth-order valence-electron chi connectivity index (χ4n) is 3.00. The first kappa shape index (κ1) is 13.1. The fraction of sp³-hybridized carbons (Fsp3) is 0.625.